The topological polar surface area (TPSA) is 61.4 Å². The van der Waals surface area contributed by atoms with E-state index in [1.54, 1.807) is 18.2 Å². The quantitative estimate of drug-likeness (QED) is 0.718. The monoisotopic (exact) mass is 252 g/mol. The van der Waals surface area contributed by atoms with Crippen LogP contribution in [0.2, 0.25) is 0 Å². The van der Waals surface area contributed by atoms with E-state index in [1.165, 1.54) is 6.07 Å². The highest BCUT2D eigenvalue weighted by Crippen LogP contribution is 2.08. The lowest BCUT2D eigenvalue weighted by Gasteiger charge is -2.11. The second kappa shape index (κ2) is 5.93. The average Bonchev–Trinajstić information content (AvgIpc) is 2.78. The summed E-state index contributed by atoms with van der Waals surface area (Å²) in [5.74, 6) is -0.385. The molecule has 98 valence electrons. The summed E-state index contributed by atoms with van der Waals surface area (Å²) >= 11 is 0. The summed E-state index contributed by atoms with van der Waals surface area (Å²) in [6.07, 6.45) is 0.450. The highest BCUT2D eigenvalue weighted by molar-refractivity contribution is 5.82. The van der Waals surface area contributed by atoms with E-state index in [9.17, 15) is 14.3 Å². The summed E-state index contributed by atoms with van der Waals surface area (Å²) in [6.45, 7) is 0.847. The molecule has 1 saturated heterocycles. The maximum atomic E-state index is 13.3. The molecule has 0 aliphatic carbocycles. The van der Waals surface area contributed by atoms with Gasteiger partial charge in [0.05, 0.1) is 12.1 Å². The van der Waals surface area contributed by atoms with Crippen LogP contribution in [0.25, 0.3) is 0 Å². The normalized spacial score (nSPS) is 23.0. The molecule has 0 radical (unpaired) electrons. The number of aliphatic hydroxyl groups is 1. The fourth-order valence-corrected chi connectivity index (χ4v) is 2.06. The number of nitrogens with one attached hydrogen (secondary N) is 2. The number of hydrogen-bond acceptors (Lipinski definition) is 3. The van der Waals surface area contributed by atoms with Gasteiger partial charge in [-0.05, 0) is 24.5 Å². The van der Waals surface area contributed by atoms with Gasteiger partial charge in [0, 0.05) is 13.1 Å². The van der Waals surface area contributed by atoms with Crippen LogP contribution in [0.4, 0.5) is 4.39 Å². The van der Waals surface area contributed by atoms with E-state index in [-0.39, 0.29) is 17.8 Å². The average molecular weight is 252 g/mol. The second-order valence-corrected chi connectivity index (χ2v) is 4.48. The Bertz CT molecular complexity index is 425. The third-order valence-electron chi connectivity index (χ3n) is 3.08. The van der Waals surface area contributed by atoms with Crippen molar-refractivity contribution in [3.8, 4) is 0 Å². The van der Waals surface area contributed by atoms with Crippen molar-refractivity contribution in [3.05, 3.63) is 35.6 Å². The Morgan fingerprint density at radius 1 is 1.50 bits per heavy atom. The largest absolute Gasteiger partial charge is 0.392 e. The molecule has 1 aliphatic heterocycles. The molecule has 0 spiro atoms. The number of halogens is 1. The molecule has 18 heavy (non-hydrogen) atoms. The number of β-amino-alcohol motifs (C(OH)–C–C–N with tert-alkyl or cyclic N) is 1. The van der Waals surface area contributed by atoms with Crippen molar-refractivity contribution in [3.63, 3.8) is 0 Å². The van der Waals surface area contributed by atoms with Gasteiger partial charge in [0.2, 0.25) is 5.91 Å². The first-order chi connectivity index (χ1) is 8.66. The fraction of sp³-hybridized carbons (Fsp3) is 0.462. The van der Waals surface area contributed by atoms with Gasteiger partial charge in [-0.2, -0.15) is 0 Å². The van der Waals surface area contributed by atoms with Gasteiger partial charge in [0.25, 0.3) is 0 Å². The van der Waals surface area contributed by atoms with E-state index in [1.807, 2.05) is 0 Å². The molecular formula is C13H17FN2O2. The summed E-state index contributed by atoms with van der Waals surface area (Å²) in [5, 5.41) is 15.0. The molecule has 0 saturated carbocycles. The first-order valence-electron chi connectivity index (χ1n) is 6.09. The van der Waals surface area contributed by atoms with Crippen molar-refractivity contribution in [2.24, 2.45) is 0 Å². The van der Waals surface area contributed by atoms with Crippen LogP contribution in [0.3, 0.4) is 0 Å². The Kier molecular flexibility index (Phi) is 4.28. The Balaban J connectivity index is 1.75. The lowest BCUT2D eigenvalue weighted by Crippen LogP contribution is -2.41. The summed E-state index contributed by atoms with van der Waals surface area (Å²) in [4.78, 5) is 11.7. The van der Waals surface area contributed by atoms with Gasteiger partial charge in [-0.25, -0.2) is 4.39 Å². The van der Waals surface area contributed by atoms with Gasteiger partial charge < -0.3 is 15.7 Å². The smallest absolute Gasteiger partial charge is 0.237 e. The molecule has 1 aromatic rings. The molecule has 1 fully saturated rings. The minimum absolute atomic E-state index is 0.136. The Labute approximate surface area is 105 Å². The summed E-state index contributed by atoms with van der Waals surface area (Å²) in [5.41, 5.74) is 0.595. The number of aliphatic hydroxyl groups excluding tert-OH is 1. The fourth-order valence-electron chi connectivity index (χ4n) is 2.06. The maximum Gasteiger partial charge on any atom is 0.237 e. The number of hydrogen-bond donors (Lipinski definition) is 3. The first-order valence-corrected chi connectivity index (χ1v) is 6.09. The van der Waals surface area contributed by atoms with Crippen molar-refractivity contribution < 1.29 is 14.3 Å². The number of benzene rings is 1. The molecule has 1 amide bonds. The molecular weight excluding hydrogens is 235 g/mol. The highest BCUT2D eigenvalue weighted by atomic mass is 19.1. The van der Waals surface area contributed by atoms with Crippen LogP contribution in [-0.4, -0.2) is 36.2 Å². The van der Waals surface area contributed by atoms with E-state index in [0.717, 1.165) is 0 Å². The third kappa shape index (κ3) is 3.27. The summed E-state index contributed by atoms with van der Waals surface area (Å²) in [6, 6.07) is 6.20. The zero-order valence-corrected chi connectivity index (χ0v) is 10.0. The van der Waals surface area contributed by atoms with Crippen LogP contribution in [0, 0.1) is 5.82 Å². The lowest BCUT2D eigenvalue weighted by atomic mass is 10.1. The number of carbonyl (C=O) groups is 1. The molecule has 1 aromatic carbocycles. The van der Waals surface area contributed by atoms with Crippen molar-refractivity contribution in [2.75, 3.05) is 13.1 Å². The molecule has 1 heterocycles. The molecule has 5 heteroatoms. The molecule has 3 N–H and O–H groups in total. The summed E-state index contributed by atoms with van der Waals surface area (Å²) < 4.78 is 13.3. The molecule has 2 atom stereocenters. The van der Waals surface area contributed by atoms with Crippen LogP contribution >= 0.6 is 0 Å². The molecule has 0 aromatic heterocycles. The van der Waals surface area contributed by atoms with Crippen molar-refractivity contribution in [2.45, 2.75) is 25.0 Å². The van der Waals surface area contributed by atoms with Crippen LogP contribution in [0.15, 0.2) is 24.3 Å². The van der Waals surface area contributed by atoms with Gasteiger partial charge in [0.1, 0.15) is 5.82 Å². The number of amides is 1. The minimum atomic E-state index is -0.452. The predicted octanol–water partition coefficient (Wildman–Crippen LogP) is 0.207. The van der Waals surface area contributed by atoms with Crippen molar-refractivity contribution >= 4 is 5.91 Å². The molecule has 4 nitrogen and oxygen atoms in total. The first kappa shape index (κ1) is 13.0. The number of rotatable bonds is 4. The SMILES string of the molecule is O=C(NCCc1ccccc1F)[C@H]1C[C@H](O)CN1. The van der Waals surface area contributed by atoms with Crippen LogP contribution in [0.5, 0.6) is 0 Å². The molecule has 0 unspecified atom stereocenters. The molecule has 0 bridgehead atoms. The lowest BCUT2D eigenvalue weighted by molar-refractivity contribution is -0.122. The van der Waals surface area contributed by atoms with Crippen LogP contribution in [0.1, 0.15) is 12.0 Å². The zero-order chi connectivity index (χ0) is 13.0. The summed E-state index contributed by atoms with van der Waals surface area (Å²) in [7, 11) is 0. The van der Waals surface area contributed by atoms with Gasteiger partial charge in [-0.1, -0.05) is 18.2 Å². The molecule has 1 aliphatic rings. The number of carbonyl (C=O) groups excluding carboxylic acids is 1. The Hall–Kier alpha value is -1.46. The highest BCUT2D eigenvalue weighted by Gasteiger charge is 2.27. The van der Waals surface area contributed by atoms with E-state index in [0.29, 0.717) is 31.5 Å². The minimum Gasteiger partial charge on any atom is -0.392 e. The van der Waals surface area contributed by atoms with E-state index >= 15 is 0 Å². The Morgan fingerprint density at radius 3 is 2.94 bits per heavy atom. The third-order valence-corrected chi connectivity index (χ3v) is 3.08. The maximum absolute atomic E-state index is 13.3. The molecule has 2 rings (SSSR count). The zero-order valence-electron chi connectivity index (χ0n) is 10.0. The van der Waals surface area contributed by atoms with Crippen molar-refractivity contribution in [1.29, 1.82) is 0 Å². The standard InChI is InChI=1S/C13H17FN2O2/c14-11-4-2-1-3-9(11)5-6-15-13(18)12-7-10(17)8-16-12/h1-4,10,12,16-17H,5-8H2,(H,15,18)/t10-,12+/m0/s1. The second-order valence-electron chi connectivity index (χ2n) is 4.48. The van der Waals surface area contributed by atoms with Gasteiger partial charge >= 0.3 is 0 Å². The van der Waals surface area contributed by atoms with E-state index in [4.69, 9.17) is 0 Å². The van der Waals surface area contributed by atoms with Gasteiger partial charge in [0.15, 0.2) is 0 Å². The van der Waals surface area contributed by atoms with E-state index in [2.05, 4.69) is 10.6 Å². The van der Waals surface area contributed by atoms with Crippen LogP contribution < -0.4 is 10.6 Å². The van der Waals surface area contributed by atoms with E-state index < -0.39 is 6.10 Å². The van der Waals surface area contributed by atoms with Gasteiger partial charge in [-0.15, -0.1) is 0 Å². The van der Waals surface area contributed by atoms with Gasteiger partial charge in [-0.3, -0.25) is 4.79 Å². The van der Waals surface area contributed by atoms with Crippen molar-refractivity contribution in [1.82, 2.24) is 10.6 Å². The predicted molar refractivity (Wildman–Crippen MR) is 65.5 cm³/mol. The van der Waals surface area contributed by atoms with Crippen LogP contribution in [-0.2, 0) is 11.2 Å². The Morgan fingerprint density at radius 2 is 2.28 bits per heavy atom.